The highest BCUT2D eigenvalue weighted by Gasteiger charge is 2.11. The molecule has 21 heavy (non-hydrogen) atoms. The molecule has 0 heterocycles. The predicted octanol–water partition coefficient (Wildman–Crippen LogP) is 2.07. The van der Waals surface area contributed by atoms with Crippen LogP contribution in [0.15, 0.2) is 18.2 Å². The molecule has 0 aliphatic heterocycles. The highest BCUT2D eigenvalue weighted by Crippen LogP contribution is 2.16. The van der Waals surface area contributed by atoms with Gasteiger partial charge < -0.3 is 16.0 Å². The molecule has 0 fully saturated rings. The third-order valence-electron chi connectivity index (χ3n) is 3.35. The Labute approximate surface area is 126 Å². The standard InChI is InChI=1S/C16H25N3O2/c1-5-12(3)19-15(20)8-9-18-16(21)13-10-11(2)6-7-14(13)17-4/h6-7,10,12,17H,5,8-9H2,1-4H3,(H,18,21)(H,19,20). The van der Waals surface area contributed by atoms with E-state index in [0.717, 1.165) is 17.7 Å². The van der Waals surface area contributed by atoms with Gasteiger partial charge in [0.25, 0.3) is 5.91 Å². The number of anilines is 1. The summed E-state index contributed by atoms with van der Waals surface area (Å²) in [6, 6.07) is 5.82. The second kappa shape index (κ2) is 8.29. The summed E-state index contributed by atoms with van der Waals surface area (Å²) < 4.78 is 0. The van der Waals surface area contributed by atoms with Gasteiger partial charge in [0.1, 0.15) is 0 Å². The highest BCUT2D eigenvalue weighted by molar-refractivity contribution is 5.99. The predicted molar refractivity (Wildman–Crippen MR) is 85.6 cm³/mol. The van der Waals surface area contributed by atoms with Gasteiger partial charge in [-0.3, -0.25) is 9.59 Å². The molecule has 5 heteroatoms. The number of carbonyl (C=O) groups excluding carboxylic acids is 2. The molecule has 1 aromatic carbocycles. The van der Waals surface area contributed by atoms with Crippen molar-refractivity contribution >= 4 is 17.5 Å². The molecule has 0 spiro atoms. The van der Waals surface area contributed by atoms with Crippen LogP contribution in [-0.4, -0.2) is 31.4 Å². The first-order chi connectivity index (χ1) is 9.97. The monoisotopic (exact) mass is 291 g/mol. The van der Waals surface area contributed by atoms with Crippen LogP contribution in [0.25, 0.3) is 0 Å². The fraction of sp³-hybridized carbons (Fsp3) is 0.500. The molecule has 0 aliphatic rings. The van der Waals surface area contributed by atoms with Crippen LogP contribution in [-0.2, 0) is 4.79 Å². The number of hydrogen-bond donors (Lipinski definition) is 3. The van der Waals surface area contributed by atoms with Crippen molar-refractivity contribution in [1.82, 2.24) is 10.6 Å². The molecular weight excluding hydrogens is 266 g/mol. The van der Waals surface area contributed by atoms with Gasteiger partial charge in [0.15, 0.2) is 0 Å². The third-order valence-corrected chi connectivity index (χ3v) is 3.35. The summed E-state index contributed by atoms with van der Waals surface area (Å²) in [5.41, 5.74) is 2.40. The maximum atomic E-state index is 12.2. The summed E-state index contributed by atoms with van der Waals surface area (Å²) in [5, 5.41) is 8.65. The van der Waals surface area contributed by atoms with Gasteiger partial charge >= 0.3 is 0 Å². The van der Waals surface area contributed by atoms with E-state index in [0.29, 0.717) is 12.1 Å². The molecule has 1 unspecified atom stereocenters. The molecule has 2 amide bonds. The summed E-state index contributed by atoms with van der Waals surface area (Å²) in [7, 11) is 1.78. The Bertz CT molecular complexity index is 500. The molecule has 0 radical (unpaired) electrons. The topological polar surface area (TPSA) is 70.2 Å². The number of aryl methyl sites for hydroxylation is 1. The average Bonchev–Trinajstić information content (AvgIpc) is 2.46. The van der Waals surface area contributed by atoms with Crippen LogP contribution >= 0.6 is 0 Å². The van der Waals surface area contributed by atoms with Crippen LogP contribution in [0.1, 0.15) is 42.6 Å². The second-order valence-corrected chi connectivity index (χ2v) is 5.18. The smallest absolute Gasteiger partial charge is 0.253 e. The summed E-state index contributed by atoms with van der Waals surface area (Å²) in [6.45, 7) is 6.25. The van der Waals surface area contributed by atoms with Crippen LogP contribution < -0.4 is 16.0 Å². The molecule has 1 atom stereocenters. The number of nitrogens with one attached hydrogen (secondary N) is 3. The van der Waals surface area contributed by atoms with Gasteiger partial charge in [-0.25, -0.2) is 0 Å². The van der Waals surface area contributed by atoms with E-state index in [1.807, 2.05) is 39.0 Å². The Morgan fingerprint density at radius 1 is 1.29 bits per heavy atom. The molecule has 3 N–H and O–H groups in total. The van der Waals surface area contributed by atoms with Crippen molar-refractivity contribution in [3.05, 3.63) is 29.3 Å². The van der Waals surface area contributed by atoms with Gasteiger partial charge in [0.05, 0.1) is 5.56 Å². The van der Waals surface area contributed by atoms with Gasteiger partial charge in [-0.05, 0) is 32.4 Å². The lowest BCUT2D eigenvalue weighted by atomic mass is 10.1. The Balaban J connectivity index is 2.51. The van der Waals surface area contributed by atoms with Crippen LogP contribution in [0.3, 0.4) is 0 Å². The molecule has 116 valence electrons. The fourth-order valence-corrected chi connectivity index (χ4v) is 1.90. The minimum Gasteiger partial charge on any atom is -0.387 e. The molecule has 1 rings (SSSR count). The summed E-state index contributed by atoms with van der Waals surface area (Å²) in [6.07, 6.45) is 1.18. The van der Waals surface area contributed by atoms with E-state index < -0.39 is 0 Å². The minimum absolute atomic E-state index is 0.0391. The fourth-order valence-electron chi connectivity index (χ4n) is 1.90. The number of rotatable bonds is 7. The Morgan fingerprint density at radius 2 is 2.00 bits per heavy atom. The van der Waals surface area contributed by atoms with Crippen molar-refractivity contribution in [2.24, 2.45) is 0 Å². The first-order valence-electron chi connectivity index (χ1n) is 7.33. The van der Waals surface area contributed by atoms with Crippen LogP contribution in [0, 0.1) is 6.92 Å². The Morgan fingerprint density at radius 3 is 2.62 bits per heavy atom. The van der Waals surface area contributed by atoms with Crippen molar-refractivity contribution in [3.63, 3.8) is 0 Å². The van der Waals surface area contributed by atoms with Crippen molar-refractivity contribution in [1.29, 1.82) is 0 Å². The lowest BCUT2D eigenvalue weighted by molar-refractivity contribution is -0.121. The van der Waals surface area contributed by atoms with E-state index in [4.69, 9.17) is 0 Å². The van der Waals surface area contributed by atoms with Crippen LogP contribution in [0.2, 0.25) is 0 Å². The van der Waals surface area contributed by atoms with Crippen molar-refractivity contribution in [2.45, 2.75) is 39.7 Å². The van der Waals surface area contributed by atoms with Gasteiger partial charge in [0.2, 0.25) is 5.91 Å². The number of carbonyl (C=O) groups is 2. The van der Waals surface area contributed by atoms with E-state index in [9.17, 15) is 9.59 Å². The van der Waals surface area contributed by atoms with E-state index in [-0.39, 0.29) is 24.3 Å². The summed E-state index contributed by atoms with van der Waals surface area (Å²) in [5.74, 6) is -0.206. The SMILES string of the molecule is CCC(C)NC(=O)CCNC(=O)c1cc(C)ccc1NC. The third kappa shape index (κ3) is 5.45. The first-order valence-corrected chi connectivity index (χ1v) is 7.33. The van der Waals surface area contributed by atoms with Gasteiger partial charge in [-0.1, -0.05) is 18.6 Å². The maximum absolute atomic E-state index is 12.2. The Kier molecular flexibility index (Phi) is 6.72. The molecule has 0 bridgehead atoms. The van der Waals surface area contributed by atoms with Gasteiger partial charge in [-0.2, -0.15) is 0 Å². The zero-order chi connectivity index (χ0) is 15.8. The van der Waals surface area contributed by atoms with Crippen molar-refractivity contribution < 1.29 is 9.59 Å². The molecule has 0 aromatic heterocycles. The van der Waals surface area contributed by atoms with Gasteiger partial charge in [0, 0.05) is 31.7 Å². The quantitative estimate of drug-likeness (QED) is 0.720. The highest BCUT2D eigenvalue weighted by atomic mass is 16.2. The average molecular weight is 291 g/mol. The van der Waals surface area contributed by atoms with E-state index in [1.54, 1.807) is 7.05 Å². The summed E-state index contributed by atoms with van der Waals surface area (Å²) in [4.78, 5) is 23.8. The summed E-state index contributed by atoms with van der Waals surface area (Å²) >= 11 is 0. The number of benzene rings is 1. The largest absolute Gasteiger partial charge is 0.387 e. The lowest BCUT2D eigenvalue weighted by Crippen LogP contribution is -2.35. The van der Waals surface area contributed by atoms with E-state index >= 15 is 0 Å². The van der Waals surface area contributed by atoms with E-state index in [1.165, 1.54) is 0 Å². The van der Waals surface area contributed by atoms with Gasteiger partial charge in [-0.15, -0.1) is 0 Å². The molecular formula is C16H25N3O2. The molecule has 1 aromatic rings. The molecule has 5 nitrogen and oxygen atoms in total. The second-order valence-electron chi connectivity index (χ2n) is 5.18. The van der Waals surface area contributed by atoms with Crippen molar-refractivity contribution in [2.75, 3.05) is 18.9 Å². The molecule has 0 saturated heterocycles. The Hall–Kier alpha value is -2.04. The first kappa shape index (κ1) is 17.0. The minimum atomic E-state index is -0.167. The van der Waals surface area contributed by atoms with Crippen LogP contribution in [0.5, 0.6) is 0 Å². The molecule has 0 saturated carbocycles. The van der Waals surface area contributed by atoms with Crippen LogP contribution in [0.4, 0.5) is 5.69 Å². The van der Waals surface area contributed by atoms with Crippen molar-refractivity contribution in [3.8, 4) is 0 Å². The molecule has 0 aliphatic carbocycles. The lowest BCUT2D eigenvalue weighted by Gasteiger charge is -2.13. The normalized spacial score (nSPS) is 11.6. The number of hydrogen-bond acceptors (Lipinski definition) is 3. The van der Waals surface area contributed by atoms with E-state index in [2.05, 4.69) is 16.0 Å². The number of amides is 2. The zero-order valence-electron chi connectivity index (χ0n) is 13.2. The zero-order valence-corrected chi connectivity index (χ0v) is 13.2. The maximum Gasteiger partial charge on any atom is 0.253 e.